The Hall–Kier alpha value is -2.58. The maximum absolute atomic E-state index is 12.3. The molecule has 0 saturated carbocycles. The fourth-order valence-corrected chi connectivity index (χ4v) is 3.96. The number of anilines is 1. The van der Waals surface area contributed by atoms with E-state index in [-0.39, 0.29) is 12.1 Å². The quantitative estimate of drug-likeness (QED) is 0.831. The van der Waals surface area contributed by atoms with Gasteiger partial charge in [0.15, 0.2) is 0 Å². The summed E-state index contributed by atoms with van der Waals surface area (Å²) in [7, 11) is 0. The minimum atomic E-state index is -4.48. The fourth-order valence-electron chi connectivity index (χ4n) is 3.96. The van der Waals surface area contributed by atoms with Crippen LogP contribution in [0.4, 0.5) is 19.0 Å². The van der Waals surface area contributed by atoms with E-state index in [1.165, 1.54) is 11.2 Å². The number of hydrogen-bond acceptors (Lipinski definition) is 4. The van der Waals surface area contributed by atoms with Crippen LogP contribution in [0.25, 0.3) is 11.0 Å². The van der Waals surface area contributed by atoms with Gasteiger partial charge in [0.1, 0.15) is 17.8 Å². The third kappa shape index (κ3) is 3.13. The van der Waals surface area contributed by atoms with Gasteiger partial charge < -0.3 is 14.8 Å². The molecule has 1 amide bonds. The molecule has 0 aromatic carbocycles. The molecule has 2 aromatic rings. The standard InChI is InChI=1S/C17H18F3N5O/c18-17(19,20)5-1-14(26)24-7-3-11-4-8-25(13(11)9-24)16-12-2-6-21-15(12)22-10-23-16/h1-2,5-6,10-11,13H,3-4,7-9H2,(H,21,22,23)/b5-1+/t11-,13+/m0/s1. The minimum Gasteiger partial charge on any atom is -0.351 e. The lowest BCUT2D eigenvalue weighted by molar-refractivity contribution is -0.128. The molecule has 1 N–H and O–H groups in total. The molecule has 0 radical (unpaired) electrons. The van der Waals surface area contributed by atoms with Gasteiger partial charge in [-0.3, -0.25) is 4.79 Å². The number of aromatic amines is 1. The second-order valence-electron chi connectivity index (χ2n) is 6.69. The Labute approximate surface area is 147 Å². The van der Waals surface area contributed by atoms with Crippen molar-refractivity contribution in [2.75, 3.05) is 24.5 Å². The topological polar surface area (TPSA) is 65.1 Å². The average Bonchev–Trinajstić information content (AvgIpc) is 3.24. The number of alkyl halides is 3. The molecule has 0 bridgehead atoms. The Bertz CT molecular complexity index is 846. The Morgan fingerprint density at radius 1 is 1.27 bits per heavy atom. The highest BCUT2D eigenvalue weighted by atomic mass is 19.4. The highest BCUT2D eigenvalue weighted by Crippen LogP contribution is 2.36. The van der Waals surface area contributed by atoms with Gasteiger partial charge in [0, 0.05) is 38.0 Å². The number of piperidine rings is 1. The van der Waals surface area contributed by atoms with Crippen molar-refractivity contribution in [3.8, 4) is 0 Å². The van der Waals surface area contributed by atoms with Gasteiger partial charge in [-0.2, -0.15) is 13.2 Å². The minimum absolute atomic E-state index is 0.00159. The molecule has 2 aliphatic heterocycles. The Morgan fingerprint density at radius 2 is 2.08 bits per heavy atom. The molecule has 0 unspecified atom stereocenters. The molecule has 2 aliphatic rings. The van der Waals surface area contributed by atoms with E-state index in [1.807, 2.05) is 6.07 Å². The molecule has 138 valence electrons. The Kier molecular flexibility index (Phi) is 4.08. The van der Waals surface area contributed by atoms with Crippen molar-refractivity contribution < 1.29 is 18.0 Å². The molecule has 0 aliphatic carbocycles. The predicted molar refractivity (Wildman–Crippen MR) is 89.5 cm³/mol. The van der Waals surface area contributed by atoms with E-state index in [1.54, 1.807) is 6.20 Å². The van der Waals surface area contributed by atoms with Crippen LogP contribution in [0.2, 0.25) is 0 Å². The van der Waals surface area contributed by atoms with E-state index in [4.69, 9.17) is 0 Å². The first kappa shape index (κ1) is 16.9. The molecule has 2 atom stereocenters. The monoisotopic (exact) mass is 365 g/mol. The molecule has 9 heteroatoms. The van der Waals surface area contributed by atoms with Gasteiger partial charge in [-0.05, 0) is 24.8 Å². The van der Waals surface area contributed by atoms with E-state index in [0.29, 0.717) is 25.1 Å². The number of fused-ring (bicyclic) bond motifs is 2. The average molecular weight is 365 g/mol. The largest absolute Gasteiger partial charge is 0.409 e. The van der Waals surface area contributed by atoms with E-state index >= 15 is 0 Å². The number of likely N-dealkylation sites (tertiary alicyclic amines) is 1. The lowest BCUT2D eigenvalue weighted by Gasteiger charge is -2.38. The van der Waals surface area contributed by atoms with Crippen molar-refractivity contribution in [2.45, 2.75) is 25.1 Å². The van der Waals surface area contributed by atoms with Crippen LogP contribution in [0.3, 0.4) is 0 Å². The number of amides is 1. The molecule has 4 heterocycles. The number of H-pyrrole nitrogens is 1. The van der Waals surface area contributed by atoms with Crippen molar-refractivity contribution in [2.24, 2.45) is 5.92 Å². The molecular weight excluding hydrogens is 347 g/mol. The number of hydrogen-bond donors (Lipinski definition) is 1. The number of nitrogens with one attached hydrogen (secondary N) is 1. The first-order chi connectivity index (χ1) is 12.4. The number of aromatic nitrogens is 3. The zero-order valence-corrected chi connectivity index (χ0v) is 13.9. The number of nitrogens with zero attached hydrogens (tertiary/aromatic N) is 4. The van der Waals surface area contributed by atoms with Gasteiger partial charge in [-0.25, -0.2) is 9.97 Å². The summed E-state index contributed by atoms with van der Waals surface area (Å²) in [5.41, 5.74) is 0.746. The third-order valence-corrected chi connectivity index (χ3v) is 5.19. The van der Waals surface area contributed by atoms with Crippen LogP contribution >= 0.6 is 0 Å². The molecule has 0 spiro atoms. The van der Waals surface area contributed by atoms with E-state index in [9.17, 15) is 18.0 Å². The number of rotatable bonds is 2. The summed E-state index contributed by atoms with van der Waals surface area (Å²) in [4.78, 5) is 27.5. The van der Waals surface area contributed by atoms with Gasteiger partial charge in [0.05, 0.1) is 11.4 Å². The van der Waals surface area contributed by atoms with E-state index in [2.05, 4.69) is 19.9 Å². The van der Waals surface area contributed by atoms with Gasteiger partial charge in [0.25, 0.3) is 0 Å². The molecule has 6 nitrogen and oxygen atoms in total. The maximum Gasteiger partial charge on any atom is 0.409 e. The molecule has 2 fully saturated rings. The predicted octanol–water partition coefficient (Wildman–Crippen LogP) is 2.50. The molecule has 4 rings (SSSR count). The zero-order chi connectivity index (χ0) is 18.3. The van der Waals surface area contributed by atoms with Gasteiger partial charge in [0.2, 0.25) is 5.91 Å². The summed E-state index contributed by atoms with van der Waals surface area (Å²) in [6, 6.07) is 1.97. The second kappa shape index (κ2) is 6.30. The zero-order valence-electron chi connectivity index (χ0n) is 13.9. The number of carbonyl (C=O) groups excluding carboxylic acids is 1. The molecular formula is C17H18F3N5O. The first-order valence-corrected chi connectivity index (χ1v) is 8.52. The number of allylic oxidation sites excluding steroid dienone is 1. The number of carbonyl (C=O) groups is 1. The summed E-state index contributed by atoms with van der Waals surface area (Å²) in [6.45, 7) is 1.70. The van der Waals surface area contributed by atoms with Crippen LogP contribution < -0.4 is 4.90 Å². The van der Waals surface area contributed by atoms with Crippen LogP contribution in [-0.4, -0.2) is 57.6 Å². The summed E-state index contributed by atoms with van der Waals surface area (Å²) < 4.78 is 36.9. The summed E-state index contributed by atoms with van der Waals surface area (Å²) >= 11 is 0. The summed E-state index contributed by atoms with van der Waals surface area (Å²) in [5.74, 6) is 0.626. The van der Waals surface area contributed by atoms with Crippen molar-refractivity contribution in [3.63, 3.8) is 0 Å². The second-order valence-corrected chi connectivity index (χ2v) is 6.69. The maximum atomic E-state index is 12.3. The van der Waals surface area contributed by atoms with Crippen LogP contribution in [0.15, 0.2) is 30.7 Å². The highest BCUT2D eigenvalue weighted by molar-refractivity contribution is 5.89. The van der Waals surface area contributed by atoms with Crippen molar-refractivity contribution >= 4 is 22.8 Å². The van der Waals surface area contributed by atoms with Crippen LogP contribution in [0.5, 0.6) is 0 Å². The molecule has 26 heavy (non-hydrogen) atoms. The van der Waals surface area contributed by atoms with Crippen molar-refractivity contribution in [1.29, 1.82) is 0 Å². The van der Waals surface area contributed by atoms with Gasteiger partial charge in [-0.15, -0.1) is 0 Å². The van der Waals surface area contributed by atoms with Crippen LogP contribution in [0, 0.1) is 5.92 Å². The lowest BCUT2D eigenvalue weighted by Crippen LogP contribution is -2.50. The van der Waals surface area contributed by atoms with Gasteiger partial charge >= 0.3 is 6.18 Å². The Balaban J connectivity index is 1.55. The molecule has 2 saturated heterocycles. The Morgan fingerprint density at radius 3 is 2.88 bits per heavy atom. The van der Waals surface area contributed by atoms with Crippen LogP contribution in [-0.2, 0) is 4.79 Å². The molecule has 2 aromatic heterocycles. The van der Waals surface area contributed by atoms with Crippen molar-refractivity contribution in [3.05, 3.63) is 30.7 Å². The van der Waals surface area contributed by atoms with E-state index in [0.717, 1.165) is 36.2 Å². The summed E-state index contributed by atoms with van der Waals surface area (Å²) in [6.07, 6.45) is 1.22. The number of halogens is 3. The highest BCUT2D eigenvalue weighted by Gasteiger charge is 2.40. The van der Waals surface area contributed by atoms with E-state index < -0.39 is 12.1 Å². The lowest BCUT2D eigenvalue weighted by atomic mass is 9.92. The smallest absolute Gasteiger partial charge is 0.351 e. The van der Waals surface area contributed by atoms with Crippen molar-refractivity contribution in [1.82, 2.24) is 19.9 Å². The third-order valence-electron chi connectivity index (χ3n) is 5.19. The summed E-state index contributed by atoms with van der Waals surface area (Å²) in [5, 5.41) is 0.911. The van der Waals surface area contributed by atoms with Gasteiger partial charge in [-0.1, -0.05) is 0 Å². The normalized spacial score (nSPS) is 23.8. The SMILES string of the molecule is O=C(/C=C/C(F)(F)F)N1CC[C@H]2CCN(c3ncnc4[nH]ccc34)[C@@H]2C1. The van der Waals surface area contributed by atoms with Crippen LogP contribution in [0.1, 0.15) is 12.8 Å². The first-order valence-electron chi connectivity index (χ1n) is 8.52. The fraction of sp³-hybridized carbons (Fsp3) is 0.471.